The third-order valence-electron chi connectivity index (χ3n) is 3.21. The van der Waals surface area contributed by atoms with E-state index < -0.39 is 0 Å². The Morgan fingerprint density at radius 3 is 2.68 bits per heavy atom. The van der Waals surface area contributed by atoms with Gasteiger partial charge in [0.05, 0.1) is 30.5 Å². The van der Waals surface area contributed by atoms with Crippen LogP contribution < -0.4 is 5.32 Å². The molecule has 0 aromatic heterocycles. The lowest BCUT2D eigenvalue weighted by atomic mass is 10.1. The fourth-order valence-electron chi connectivity index (χ4n) is 2.23. The van der Waals surface area contributed by atoms with Gasteiger partial charge in [0.1, 0.15) is 0 Å². The Hall–Kier alpha value is -1.26. The van der Waals surface area contributed by atoms with Crippen LogP contribution in [0.15, 0.2) is 12.1 Å². The van der Waals surface area contributed by atoms with Crippen LogP contribution in [0.25, 0.3) is 0 Å². The number of aryl methyl sites for hydroxylation is 2. The van der Waals surface area contributed by atoms with Crippen molar-refractivity contribution in [3.05, 3.63) is 28.3 Å². The maximum atomic E-state index is 12.0. The lowest BCUT2D eigenvalue weighted by molar-refractivity contribution is -0.133. The highest BCUT2D eigenvalue weighted by Crippen LogP contribution is 2.27. The summed E-state index contributed by atoms with van der Waals surface area (Å²) in [6.45, 7) is 6.83. The van der Waals surface area contributed by atoms with Gasteiger partial charge in [0.15, 0.2) is 0 Å². The van der Waals surface area contributed by atoms with Gasteiger partial charge < -0.3 is 15.0 Å². The molecule has 0 saturated carbocycles. The number of anilines is 1. The first-order valence-corrected chi connectivity index (χ1v) is 6.82. The molecule has 1 amide bonds. The van der Waals surface area contributed by atoms with Crippen molar-refractivity contribution in [2.45, 2.75) is 13.8 Å². The number of carbonyl (C=O) groups excluding carboxylic acids is 1. The second-order valence-corrected chi connectivity index (χ2v) is 5.19. The van der Waals surface area contributed by atoms with Gasteiger partial charge in [-0.25, -0.2) is 0 Å². The summed E-state index contributed by atoms with van der Waals surface area (Å²) in [5.41, 5.74) is 3.02. The van der Waals surface area contributed by atoms with Crippen LogP contribution in [0.4, 0.5) is 5.69 Å². The van der Waals surface area contributed by atoms with Crippen molar-refractivity contribution in [3.8, 4) is 0 Å². The quantitative estimate of drug-likeness (QED) is 0.924. The van der Waals surface area contributed by atoms with E-state index in [0.717, 1.165) is 16.8 Å². The van der Waals surface area contributed by atoms with Gasteiger partial charge in [0.25, 0.3) is 0 Å². The van der Waals surface area contributed by atoms with E-state index in [1.807, 2.05) is 30.9 Å². The van der Waals surface area contributed by atoms with E-state index in [0.29, 0.717) is 31.3 Å². The van der Waals surface area contributed by atoms with Gasteiger partial charge in [0, 0.05) is 13.1 Å². The van der Waals surface area contributed by atoms with Gasteiger partial charge in [-0.3, -0.25) is 4.79 Å². The number of hydrogen-bond donors (Lipinski definition) is 1. The zero-order chi connectivity index (χ0) is 13.8. The van der Waals surface area contributed by atoms with E-state index in [-0.39, 0.29) is 12.5 Å². The minimum absolute atomic E-state index is 0.0827. The Kier molecular flexibility index (Phi) is 4.66. The number of carbonyl (C=O) groups is 1. The molecule has 1 aliphatic heterocycles. The molecule has 1 aromatic carbocycles. The summed E-state index contributed by atoms with van der Waals surface area (Å²) in [6, 6.07) is 3.95. The van der Waals surface area contributed by atoms with Crippen molar-refractivity contribution in [3.63, 3.8) is 0 Å². The third kappa shape index (κ3) is 3.61. The molecular formula is C14H19ClN2O2. The van der Waals surface area contributed by atoms with E-state index in [4.69, 9.17) is 16.3 Å². The molecule has 5 heteroatoms. The average Bonchev–Trinajstić information content (AvgIpc) is 2.38. The Bertz CT molecular complexity index is 448. The predicted molar refractivity (Wildman–Crippen MR) is 76.8 cm³/mol. The molecule has 0 unspecified atom stereocenters. The van der Waals surface area contributed by atoms with Gasteiger partial charge in [-0.2, -0.15) is 0 Å². The molecule has 1 fully saturated rings. The van der Waals surface area contributed by atoms with Crippen molar-refractivity contribution >= 4 is 23.2 Å². The molecule has 1 N–H and O–H groups in total. The highest BCUT2D eigenvalue weighted by Gasteiger charge is 2.17. The van der Waals surface area contributed by atoms with Gasteiger partial charge in [-0.05, 0) is 31.0 Å². The van der Waals surface area contributed by atoms with E-state index >= 15 is 0 Å². The fourth-order valence-corrected chi connectivity index (χ4v) is 2.62. The standard InChI is InChI=1S/C14H19ClN2O2/c1-10-7-11(2)14(12(15)8-10)16-9-13(18)17-3-5-19-6-4-17/h7-8,16H,3-6,9H2,1-2H3. The Balaban J connectivity index is 1.96. The number of halogens is 1. The summed E-state index contributed by atoms with van der Waals surface area (Å²) >= 11 is 6.20. The number of nitrogens with zero attached hydrogens (tertiary/aromatic N) is 1. The SMILES string of the molecule is Cc1cc(C)c(NCC(=O)N2CCOCC2)c(Cl)c1. The molecular weight excluding hydrogens is 264 g/mol. The molecule has 19 heavy (non-hydrogen) atoms. The van der Waals surface area contributed by atoms with E-state index in [1.54, 1.807) is 0 Å². The molecule has 0 aliphatic carbocycles. The normalized spacial score (nSPS) is 15.4. The monoisotopic (exact) mass is 282 g/mol. The fraction of sp³-hybridized carbons (Fsp3) is 0.500. The van der Waals surface area contributed by atoms with Crippen LogP contribution in [-0.4, -0.2) is 43.7 Å². The zero-order valence-corrected chi connectivity index (χ0v) is 12.1. The summed E-state index contributed by atoms with van der Waals surface area (Å²) in [5.74, 6) is 0.0827. The largest absolute Gasteiger partial charge is 0.378 e. The number of hydrogen-bond acceptors (Lipinski definition) is 3. The number of morpholine rings is 1. The highest BCUT2D eigenvalue weighted by molar-refractivity contribution is 6.33. The Labute approximate surface area is 118 Å². The van der Waals surface area contributed by atoms with Gasteiger partial charge >= 0.3 is 0 Å². The molecule has 1 aromatic rings. The average molecular weight is 283 g/mol. The Morgan fingerprint density at radius 1 is 1.37 bits per heavy atom. The van der Waals surface area contributed by atoms with Crippen LogP contribution in [0.5, 0.6) is 0 Å². The first-order valence-electron chi connectivity index (χ1n) is 6.44. The van der Waals surface area contributed by atoms with Gasteiger partial charge in [-0.1, -0.05) is 17.7 Å². The molecule has 4 nitrogen and oxygen atoms in total. The third-order valence-corrected chi connectivity index (χ3v) is 3.51. The Morgan fingerprint density at radius 2 is 2.05 bits per heavy atom. The molecule has 0 atom stereocenters. The number of nitrogens with one attached hydrogen (secondary N) is 1. The lowest BCUT2D eigenvalue weighted by Crippen LogP contribution is -2.43. The van der Waals surface area contributed by atoms with Crippen LogP contribution in [0.3, 0.4) is 0 Å². The summed E-state index contributed by atoms with van der Waals surface area (Å²) < 4.78 is 5.23. The van der Waals surface area contributed by atoms with Crippen molar-refractivity contribution in [2.24, 2.45) is 0 Å². The van der Waals surface area contributed by atoms with Crippen molar-refractivity contribution < 1.29 is 9.53 Å². The second-order valence-electron chi connectivity index (χ2n) is 4.79. The molecule has 1 aliphatic rings. The highest BCUT2D eigenvalue weighted by atomic mass is 35.5. The first-order chi connectivity index (χ1) is 9.08. The molecule has 2 rings (SSSR count). The summed E-state index contributed by atoms with van der Waals surface area (Å²) in [4.78, 5) is 13.8. The molecule has 0 radical (unpaired) electrons. The van der Waals surface area contributed by atoms with E-state index in [1.165, 1.54) is 0 Å². The smallest absolute Gasteiger partial charge is 0.242 e. The molecule has 0 bridgehead atoms. The molecule has 1 saturated heterocycles. The van der Waals surface area contributed by atoms with Gasteiger partial charge in [0.2, 0.25) is 5.91 Å². The zero-order valence-electron chi connectivity index (χ0n) is 11.3. The number of benzene rings is 1. The van der Waals surface area contributed by atoms with Crippen LogP contribution in [0.2, 0.25) is 5.02 Å². The summed E-state index contributed by atoms with van der Waals surface area (Å²) in [7, 11) is 0. The van der Waals surface area contributed by atoms with Crippen molar-refractivity contribution in [2.75, 3.05) is 38.2 Å². The minimum atomic E-state index is 0.0827. The van der Waals surface area contributed by atoms with Crippen LogP contribution in [0, 0.1) is 13.8 Å². The van der Waals surface area contributed by atoms with Crippen LogP contribution in [-0.2, 0) is 9.53 Å². The van der Waals surface area contributed by atoms with Crippen LogP contribution >= 0.6 is 11.6 Å². The molecule has 0 spiro atoms. The number of ether oxygens (including phenoxy) is 1. The maximum Gasteiger partial charge on any atom is 0.242 e. The first kappa shape index (κ1) is 14.2. The topological polar surface area (TPSA) is 41.6 Å². The maximum absolute atomic E-state index is 12.0. The summed E-state index contributed by atoms with van der Waals surface area (Å²) in [5, 5.41) is 3.80. The van der Waals surface area contributed by atoms with Crippen LogP contribution in [0.1, 0.15) is 11.1 Å². The second kappa shape index (κ2) is 6.26. The predicted octanol–water partition coefficient (Wildman–Crippen LogP) is 2.23. The van der Waals surface area contributed by atoms with E-state index in [9.17, 15) is 4.79 Å². The number of amides is 1. The van der Waals surface area contributed by atoms with Gasteiger partial charge in [-0.15, -0.1) is 0 Å². The summed E-state index contributed by atoms with van der Waals surface area (Å²) in [6.07, 6.45) is 0. The molecule has 1 heterocycles. The van der Waals surface area contributed by atoms with Crippen molar-refractivity contribution in [1.82, 2.24) is 4.90 Å². The van der Waals surface area contributed by atoms with Crippen molar-refractivity contribution in [1.29, 1.82) is 0 Å². The number of rotatable bonds is 3. The molecule has 104 valence electrons. The van der Waals surface area contributed by atoms with E-state index in [2.05, 4.69) is 5.32 Å². The minimum Gasteiger partial charge on any atom is -0.378 e. The lowest BCUT2D eigenvalue weighted by Gasteiger charge is -2.27.